The molecule has 1 aromatic heterocycles. The number of amides is 1. The molecule has 1 aromatic carbocycles. The number of nitrogens with zero attached hydrogens (tertiary/aromatic N) is 1. The van der Waals surface area contributed by atoms with Crippen molar-refractivity contribution in [3.8, 4) is 16.9 Å². The van der Waals surface area contributed by atoms with E-state index in [2.05, 4.69) is 15.6 Å². The number of pyridine rings is 1. The maximum atomic E-state index is 13.9. The molecule has 2 atom stereocenters. The maximum absolute atomic E-state index is 13.9. The summed E-state index contributed by atoms with van der Waals surface area (Å²) in [5, 5.41) is 14.8. The molecule has 1 aliphatic heterocycles. The summed E-state index contributed by atoms with van der Waals surface area (Å²) in [6.45, 7) is 6.46. The Kier molecular flexibility index (Phi) is 8.47. The lowest BCUT2D eigenvalue weighted by atomic mass is 9.91. The molecule has 0 spiro atoms. The first-order valence-electron chi connectivity index (χ1n) is 11.6. The number of halogens is 3. The molecule has 1 amide bonds. The summed E-state index contributed by atoms with van der Waals surface area (Å²) in [6, 6.07) is 7.33. The molecule has 0 saturated carbocycles. The molecule has 1 saturated heterocycles. The van der Waals surface area contributed by atoms with Crippen LogP contribution in [0.1, 0.15) is 45.6 Å². The van der Waals surface area contributed by atoms with Crippen LogP contribution in [0.2, 0.25) is 0 Å². The SMILES string of the molecule is CC(C)CC(C)(COc1ccc(-c2ccnc(NC3CCCOC3)c2)cc1C(F)(F)F)NC(=O)O. The third kappa shape index (κ3) is 7.74. The molecule has 2 unspecified atom stereocenters. The van der Waals surface area contributed by atoms with Gasteiger partial charge in [-0.15, -0.1) is 0 Å². The molecule has 7 nitrogen and oxygen atoms in total. The number of alkyl halides is 3. The number of anilines is 1. The molecular weight excluding hydrogens is 463 g/mol. The minimum atomic E-state index is -4.66. The molecule has 35 heavy (non-hydrogen) atoms. The van der Waals surface area contributed by atoms with Gasteiger partial charge in [-0.1, -0.05) is 19.9 Å². The second kappa shape index (κ2) is 11.2. The normalized spacial score (nSPS) is 18.1. The highest BCUT2D eigenvalue weighted by molar-refractivity contribution is 5.68. The highest BCUT2D eigenvalue weighted by Crippen LogP contribution is 2.39. The van der Waals surface area contributed by atoms with Crippen molar-refractivity contribution < 1.29 is 32.5 Å². The number of ether oxygens (including phenoxy) is 2. The highest BCUT2D eigenvalue weighted by atomic mass is 19.4. The Hall–Kier alpha value is -3.01. The number of hydrogen-bond acceptors (Lipinski definition) is 5. The quantitative estimate of drug-likeness (QED) is 0.407. The van der Waals surface area contributed by atoms with Crippen molar-refractivity contribution in [2.45, 2.75) is 57.8 Å². The molecule has 2 aromatic rings. The second-order valence-corrected chi connectivity index (χ2v) is 9.57. The van der Waals surface area contributed by atoms with Gasteiger partial charge in [0.25, 0.3) is 0 Å². The van der Waals surface area contributed by atoms with Gasteiger partial charge in [-0.3, -0.25) is 0 Å². The lowest BCUT2D eigenvalue weighted by molar-refractivity contribution is -0.139. The van der Waals surface area contributed by atoms with E-state index in [1.807, 2.05) is 13.8 Å². The molecule has 192 valence electrons. The van der Waals surface area contributed by atoms with Gasteiger partial charge in [0.2, 0.25) is 0 Å². The first-order chi connectivity index (χ1) is 16.4. The topological polar surface area (TPSA) is 92.7 Å². The van der Waals surface area contributed by atoms with Crippen LogP contribution in [0.25, 0.3) is 11.1 Å². The van der Waals surface area contributed by atoms with Crippen LogP contribution >= 0.6 is 0 Å². The van der Waals surface area contributed by atoms with E-state index < -0.39 is 23.4 Å². The van der Waals surface area contributed by atoms with E-state index in [4.69, 9.17) is 14.6 Å². The van der Waals surface area contributed by atoms with Crippen LogP contribution in [0, 0.1) is 5.92 Å². The zero-order valence-electron chi connectivity index (χ0n) is 20.1. The third-order valence-corrected chi connectivity index (χ3v) is 5.70. The number of rotatable bonds is 9. The Balaban J connectivity index is 1.84. The van der Waals surface area contributed by atoms with Gasteiger partial charge in [-0.2, -0.15) is 13.2 Å². The van der Waals surface area contributed by atoms with E-state index in [0.717, 1.165) is 25.5 Å². The number of aromatic nitrogens is 1. The molecule has 10 heteroatoms. The Morgan fingerprint density at radius 3 is 2.63 bits per heavy atom. The van der Waals surface area contributed by atoms with Gasteiger partial charge in [0.15, 0.2) is 0 Å². The van der Waals surface area contributed by atoms with E-state index in [1.165, 1.54) is 6.07 Å². The summed E-state index contributed by atoms with van der Waals surface area (Å²) in [4.78, 5) is 15.5. The van der Waals surface area contributed by atoms with E-state index in [0.29, 0.717) is 30.0 Å². The molecule has 1 fully saturated rings. The molecule has 0 bridgehead atoms. The first kappa shape index (κ1) is 26.6. The Labute approximate surface area is 203 Å². The van der Waals surface area contributed by atoms with Gasteiger partial charge in [0.05, 0.1) is 23.8 Å². The van der Waals surface area contributed by atoms with Gasteiger partial charge in [0, 0.05) is 12.8 Å². The Morgan fingerprint density at radius 2 is 2.00 bits per heavy atom. The fourth-order valence-electron chi connectivity index (χ4n) is 4.35. The van der Waals surface area contributed by atoms with Crippen molar-refractivity contribution in [1.29, 1.82) is 0 Å². The average Bonchev–Trinajstić information content (AvgIpc) is 2.77. The standard InChI is InChI=1S/C25H32F3N3O4/c1-16(2)13-24(3,31-23(32)33)15-35-21-7-6-17(11-20(21)25(26,27)28)18-8-9-29-22(12-18)30-19-5-4-10-34-14-19/h6-9,11-12,16,19,31H,4-5,10,13-15H2,1-3H3,(H,29,30)(H,32,33). The van der Waals surface area contributed by atoms with Gasteiger partial charge < -0.3 is 25.2 Å². The van der Waals surface area contributed by atoms with Crippen LogP contribution in [-0.2, 0) is 10.9 Å². The molecule has 1 aliphatic rings. The number of carboxylic acid groups (broad SMARTS) is 1. The van der Waals surface area contributed by atoms with Crippen LogP contribution < -0.4 is 15.4 Å². The van der Waals surface area contributed by atoms with Crippen LogP contribution in [-0.4, -0.2) is 47.6 Å². The molecule has 3 rings (SSSR count). The smallest absolute Gasteiger partial charge is 0.419 e. The molecule has 3 N–H and O–H groups in total. The second-order valence-electron chi connectivity index (χ2n) is 9.57. The molecule has 0 radical (unpaired) electrons. The predicted molar refractivity (Wildman–Crippen MR) is 127 cm³/mol. The number of carbonyl (C=O) groups is 1. The largest absolute Gasteiger partial charge is 0.491 e. The maximum Gasteiger partial charge on any atom is 0.419 e. The minimum absolute atomic E-state index is 0.104. The van der Waals surface area contributed by atoms with Gasteiger partial charge in [0.1, 0.15) is 18.2 Å². The van der Waals surface area contributed by atoms with E-state index in [1.54, 1.807) is 31.3 Å². The van der Waals surface area contributed by atoms with Crippen molar-refractivity contribution in [3.05, 3.63) is 42.1 Å². The van der Waals surface area contributed by atoms with Crippen molar-refractivity contribution in [2.75, 3.05) is 25.1 Å². The zero-order valence-corrected chi connectivity index (χ0v) is 20.1. The summed E-state index contributed by atoms with van der Waals surface area (Å²) in [5.41, 5.74) is -1.03. The number of nitrogens with one attached hydrogen (secondary N) is 2. The first-order valence-corrected chi connectivity index (χ1v) is 11.6. The highest BCUT2D eigenvalue weighted by Gasteiger charge is 2.36. The lowest BCUT2D eigenvalue weighted by Crippen LogP contribution is -2.50. The van der Waals surface area contributed by atoms with Crippen LogP contribution in [0.15, 0.2) is 36.5 Å². The van der Waals surface area contributed by atoms with Gasteiger partial charge >= 0.3 is 12.3 Å². The third-order valence-electron chi connectivity index (χ3n) is 5.70. The lowest BCUT2D eigenvalue weighted by Gasteiger charge is -2.31. The molecular formula is C25H32F3N3O4. The number of benzene rings is 1. The van der Waals surface area contributed by atoms with E-state index in [9.17, 15) is 18.0 Å². The predicted octanol–water partition coefficient (Wildman–Crippen LogP) is 5.81. The van der Waals surface area contributed by atoms with Crippen LogP contribution in [0.3, 0.4) is 0 Å². The summed E-state index contributed by atoms with van der Waals surface area (Å²) < 4.78 is 52.9. The van der Waals surface area contributed by atoms with Crippen LogP contribution in [0.4, 0.5) is 23.8 Å². The van der Waals surface area contributed by atoms with Crippen molar-refractivity contribution in [3.63, 3.8) is 0 Å². The van der Waals surface area contributed by atoms with Crippen LogP contribution in [0.5, 0.6) is 5.75 Å². The monoisotopic (exact) mass is 495 g/mol. The Bertz CT molecular complexity index is 1010. The van der Waals surface area contributed by atoms with Crippen molar-refractivity contribution >= 4 is 11.9 Å². The zero-order chi connectivity index (χ0) is 25.6. The molecule has 0 aliphatic carbocycles. The van der Waals surface area contributed by atoms with Gasteiger partial charge in [-0.05, 0) is 67.5 Å². The van der Waals surface area contributed by atoms with Crippen molar-refractivity contribution in [1.82, 2.24) is 10.3 Å². The van der Waals surface area contributed by atoms with Gasteiger partial charge in [-0.25, -0.2) is 9.78 Å². The summed E-state index contributed by atoms with van der Waals surface area (Å²) in [7, 11) is 0. The molecule has 2 heterocycles. The fourth-order valence-corrected chi connectivity index (χ4v) is 4.35. The Morgan fingerprint density at radius 1 is 1.26 bits per heavy atom. The average molecular weight is 496 g/mol. The van der Waals surface area contributed by atoms with Crippen molar-refractivity contribution in [2.24, 2.45) is 5.92 Å². The summed E-state index contributed by atoms with van der Waals surface area (Å²) >= 11 is 0. The number of hydrogen-bond donors (Lipinski definition) is 3. The fraction of sp³-hybridized carbons (Fsp3) is 0.520. The minimum Gasteiger partial charge on any atom is -0.491 e. The van der Waals surface area contributed by atoms with E-state index >= 15 is 0 Å². The summed E-state index contributed by atoms with van der Waals surface area (Å²) in [5.74, 6) is 0.320. The summed E-state index contributed by atoms with van der Waals surface area (Å²) in [6.07, 6.45) is -2.10. The van der Waals surface area contributed by atoms with E-state index in [-0.39, 0.29) is 24.3 Å².